The Balaban J connectivity index is 1.01. The fraction of sp³-hybridized carbons (Fsp3) is 0.0556. The standard InChI is InChI=1S/C54H36N4O/c1-54(2)45-22-11-9-18-39(45)40-27-24-36(31-46(40)54)53-56-51(34-16-7-4-8-17-34)55-52(57-53)35-25-29-48-44(30-35)41-19-10-12-23-47(41)58(48)37-26-28-42-43-21-13-20-38(33-14-5-3-6-15-33)50(43)59-49(42)32-37/h3-32H,1-2H3. The summed E-state index contributed by atoms with van der Waals surface area (Å²) in [6.07, 6.45) is 0. The van der Waals surface area contributed by atoms with Crippen LogP contribution in [0.25, 0.3) is 106 Å². The molecule has 0 saturated carbocycles. The number of para-hydroxylation sites is 2. The summed E-state index contributed by atoms with van der Waals surface area (Å²) in [4.78, 5) is 15.4. The van der Waals surface area contributed by atoms with E-state index in [-0.39, 0.29) is 5.41 Å². The molecule has 0 fully saturated rings. The summed E-state index contributed by atoms with van der Waals surface area (Å²) in [7, 11) is 0. The Morgan fingerprint density at radius 1 is 0.407 bits per heavy atom. The van der Waals surface area contributed by atoms with Crippen molar-refractivity contribution in [1.82, 2.24) is 19.5 Å². The molecule has 3 aromatic heterocycles. The highest BCUT2D eigenvalue weighted by Crippen LogP contribution is 2.49. The van der Waals surface area contributed by atoms with Gasteiger partial charge in [-0.2, -0.15) is 0 Å². The molecule has 0 amide bonds. The molecule has 0 saturated heterocycles. The molecular formula is C54H36N4O. The number of rotatable bonds is 5. The van der Waals surface area contributed by atoms with E-state index in [2.05, 4.69) is 176 Å². The number of furan rings is 1. The summed E-state index contributed by atoms with van der Waals surface area (Å²) in [6, 6.07) is 64.1. The van der Waals surface area contributed by atoms with Crippen LogP contribution in [0.1, 0.15) is 25.0 Å². The van der Waals surface area contributed by atoms with Crippen molar-refractivity contribution in [2.75, 3.05) is 0 Å². The first-order chi connectivity index (χ1) is 29.0. The van der Waals surface area contributed by atoms with E-state index in [9.17, 15) is 0 Å². The maximum absolute atomic E-state index is 6.69. The van der Waals surface area contributed by atoms with E-state index in [1.165, 1.54) is 22.3 Å². The van der Waals surface area contributed by atoms with E-state index >= 15 is 0 Å². The zero-order valence-electron chi connectivity index (χ0n) is 32.5. The minimum absolute atomic E-state index is 0.140. The first kappa shape index (κ1) is 33.5. The summed E-state index contributed by atoms with van der Waals surface area (Å²) < 4.78 is 9.02. The van der Waals surface area contributed by atoms with Crippen molar-refractivity contribution in [1.29, 1.82) is 0 Å². The number of hydrogen-bond acceptors (Lipinski definition) is 4. The fourth-order valence-corrected chi connectivity index (χ4v) is 9.36. The lowest BCUT2D eigenvalue weighted by Gasteiger charge is -2.21. The lowest BCUT2D eigenvalue weighted by molar-refractivity contribution is 0.660. The van der Waals surface area contributed by atoms with E-state index in [1.54, 1.807) is 0 Å². The van der Waals surface area contributed by atoms with Gasteiger partial charge < -0.3 is 8.98 Å². The molecule has 12 rings (SSSR count). The van der Waals surface area contributed by atoms with Crippen LogP contribution in [0.4, 0.5) is 0 Å². The van der Waals surface area contributed by atoms with Gasteiger partial charge in [-0.1, -0.05) is 147 Å². The Kier molecular flexibility index (Phi) is 7.20. The highest BCUT2D eigenvalue weighted by molar-refractivity contribution is 6.12. The number of benzene rings is 8. The van der Waals surface area contributed by atoms with Crippen LogP contribution < -0.4 is 0 Å². The molecular weight excluding hydrogens is 721 g/mol. The third kappa shape index (κ3) is 5.14. The zero-order chi connectivity index (χ0) is 39.2. The molecule has 59 heavy (non-hydrogen) atoms. The van der Waals surface area contributed by atoms with Crippen LogP contribution in [-0.4, -0.2) is 19.5 Å². The minimum Gasteiger partial charge on any atom is -0.455 e. The van der Waals surface area contributed by atoms with Crippen LogP contribution in [0.2, 0.25) is 0 Å². The topological polar surface area (TPSA) is 56.7 Å². The van der Waals surface area contributed by atoms with Crippen LogP contribution in [0.15, 0.2) is 186 Å². The zero-order valence-corrected chi connectivity index (χ0v) is 32.5. The van der Waals surface area contributed by atoms with Gasteiger partial charge >= 0.3 is 0 Å². The first-order valence-electron chi connectivity index (χ1n) is 20.1. The quantitative estimate of drug-likeness (QED) is 0.175. The molecule has 1 aliphatic rings. The monoisotopic (exact) mass is 756 g/mol. The van der Waals surface area contributed by atoms with Gasteiger partial charge in [-0.15, -0.1) is 0 Å². The third-order valence-electron chi connectivity index (χ3n) is 12.3. The third-order valence-corrected chi connectivity index (χ3v) is 12.3. The SMILES string of the molecule is CC1(C)c2ccccc2-c2ccc(-c3nc(-c4ccccc4)nc(-c4ccc5c(c4)c4ccccc4n5-c4ccc5c(c4)oc4c(-c6ccccc6)cccc45)n3)cc21. The number of hydrogen-bond donors (Lipinski definition) is 0. The molecule has 5 nitrogen and oxygen atoms in total. The molecule has 11 aromatic rings. The van der Waals surface area contributed by atoms with E-state index in [1.807, 2.05) is 24.3 Å². The number of aromatic nitrogens is 4. The molecule has 8 aromatic carbocycles. The Hall–Kier alpha value is -7.63. The summed E-state index contributed by atoms with van der Waals surface area (Å²) in [5, 5.41) is 4.48. The highest BCUT2D eigenvalue weighted by atomic mass is 16.3. The fourth-order valence-electron chi connectivity index (χ4n) is 9.36. The molecule has 0 N–H and O–H groups in total. The summed E-state index contributed by atoms with van der Waals surface area (Å²) in [5.74, 6) is 1.93. The van der Waals surface area contributed by atoms with Crippen molar-refractivity contribution < 1.29 is 4.42 Å². The smallest absolute Gasteiger partial charge is 0.164 e. The molecule has 0 bridgehead atoms. The Bertz CT molecular complexity index is 3470. The van der Waals surface area contributed by atoms with Crippen molar-refractivity contribution in [3.8, 4) is 62.1 Å². The second kappa shape index (κ2) is 12.7. The minimum atomic E-state index is -0.140. The summed E-state index contributed by atoms with van der Waals surface area (Å²) >= 11 is 0. The van der Waals surface area contributed by atoms with E-state index in [0.717, 1.165) is 77.2 Å². The van der Waals surface area contributed by atoms with Crippen LogP contribution in [-0.2, 0) is 5.41 Å². The number of nitrogens with zero attached hydrogens (tertiary/aromatic N) is 4. The summed E-state index contributed by atoms with van der Waals surface area (Å²) in [6.45, 7) is 4.61. The molecule has 278 valence electrons. The Morgan fingerprint density at radius 2 is 1.02 bits per heavy atom. The van der Waals surface area contributed by atoms with Crippen molar-refractivity contribution in [3.05, 3.63) is 193 Å². The van der Waals surface area contributed by atoms with Crippen molar-refractivity contribution in [2.24, 2.45) is 0 Å². The van der Waals surface area contributed by atoms with Gasteiger partial charge in [0.2, 0.25) is 0 Å². The largest absolute Gasteiger partial charge is 0.455 e. The Labute approximate surface area is 340 Å². The number of fused-ring (bicyclic) bond motifs is 9. The second-order valence-corrected chi connectivity index (χ2v) is 16.0. The van der Waals surface area contributed by atoms with E-state index in [0.29, 0.717) is 17.5 Å². The van der Waals surface area contributed by atoms with Crippen LogP contribution in [0.5, 0.6) is 0 Å². The first-order valence-corrected chi connectivity index (χ1v) is 20.1. The van der Waals surface area contributed by atoms with Gasteiger partial charge in [0, 0.05) is 61.0 Å². The molecule has 0 aliphatic heterocycles. The van der Waals surface area contributed by atoms with Crippen molar-refractivity contribution >= 4 is 43.7 Å². The molecule has 0 unspecified atom stereocenters. The van der Waals surface area contributed by atoms with Crippen molar-refractivity contribution in [3.63, 3.8) is 0 Å². The van der Waals surface area contributed by atoms with Gasteiger partial charge in [-0.05, 0) is 70.3 Å². The van der Waals surface area contributed by atoms with Gasteiger partial charge in [0.15, 0.2) is 17.5 Å². The van der Waals surface area contributed by atoms with Crippen LogP contribution in [0.3, 0.4) is 0 Å². The van der Waals surface area contributed by atoms with Gasteiger partial charge in [-0.3, -0.25) is 0 Å². The second-order valence-electron chi connectivity index (χ2n) is 16.0. The van der Waals surface area contributed by atoms with Crippen LogP contribution >= 0.6 is 0 Å². The van der Waals surface area contributed by atoms with E-state index < -0.39 is 0 Å². The maximum Gasteiger partial charge on any atom is 0.164 e. The van der Waals surface area contributed by atoms with Crippen molar-refractivity contribution in [2.45, 2.75) is 19.3 Å². The molecule has 0 radical (unpaired) electrons. The van der Waals surface area contributed by atoms with E-state index in [4.69, 9.17) is 19.4 Å². The van der Waals surface area contributed by atoms with Crippen LogP contribution in [0, 0.1) is 0 Å². The molecule has 5 heteroatoms. The molecule has 0 atom stereocenters. The average Bonchev–Trinajstić information content (AvgIpc) is 3.91. The Morgan fingerprint density at radius 3 is 1.83 bits per heavy atom. The average molecular weight is 757 g/mol. The van der Waals surface area contributed by atoms with Gasteiger partial charge in [0.25, 0.3) is 0 Å². The van der Waals surface area contributed by atoms with Gasteiger partial charge in [0.1, 0.15) is 11.2 Å². The molecule has 3 heterocycles. The van der Waals surface area contributed by atoms with Gasteiger partial charge in [0.05, 0.1) is 11.0 Å². The normalized spacial score (nSPS) is 13.1. The lowest BCUT2D eigenvalue weighted by atomic mass is 9.82. The predicted molar refractivity (Wildman–Crippen MR) is 241 cm³/mol. The maximum atomic E-state index is 6.69. The van der Waals surface area contributed by atoms with Gasteiger partial charge in [-0.25, -0.2) is 15.0 Å². The summed E-state index contributed by atoms with van der Waals surface area (Å²) in [5.41, 5.74) is 15.1. The highest BCUT2D eigenvalue weighted by Gasteiger charge is 2.35. The lowest BCUT2D eigenvalue weighted by Crippen LogP contribution is -2.15. The predicted octanol–water partition coefficient (Wildman–Crippen LogP) is 13.8. The molecule has 0 spiro atoms. The molecule has 1 aliphatic carbocycles.